The fourth-order valence-corrected chi connectivity index (χ4v) is 1.65. The molecule has 2 rings (SSSR count). The molecule has 0 aliphatic carbocycles. The molecule has 2 aromatic heterocycles. The predicted molar refractivity (Wildman–Crippen MR) is 56.7 cm³/mol. The monoisotopic (exact) mass is 204 g/mol. The van der Waals surface area contributed by atoms with Gasteiger partial charge in [-0.25, -0.2) is 4.98 Å². The molecule has 15 heavy (non-hydrogen) atoms. The van der Waals surface area contributed by atoms with Gasteiger partial charge in [-0.3, -0.25) is 4.79 Å². The van der Waals surface area contributed by atoms with Gasteiger partial charge in [-0.15, -0.1) is 0 Å². The Morgan fingerprint density at radius 1 is 1.53 bits per heavy atom. The van der Waals surface area contributed by atoms with E-state index in [0.717, 1.165) is 23.0 Å². The number of fused-ring (bicyclic) bond motifs is 1. The predicted octanol–water partition coefficient (Wildman–Crippen LogP) is 1.97. The number of aromatic nitrogens is 2. The van der Waals surface area contributed by atoms with E-state index < -0.39 is 5.97 Å². The molecule has 78 valence electrons. The number of aliphatic carboxylic acids is 1. The number of carboxylic acids is 1. The van der Waals surface area contributed by atoms with Gasteiger partial charge in [0.1, 0.15) is 5.65 Å². The van der Waals surface area contributed by atoms with E-state index in [2.05, 4.69) is 9.97 Å². The van der Waals surface area contributed by atoms with Crippen LogP contribution in [0.25, 0.3) is 11.0 Å². The lowest BCUT2D eigenvalue weighted by Gasteiger charge is -1.96. The van der Waals surface area contributed by atoms with E-state index in [1.807, 2.05) is 18.3 Å². The first-order chi connectivity index (χ1) is 7.27. The van der Waals surface area contributed by atoms with E-state index in [1.165, 1.54) is 0 Å². The Morgan fingerprint density at radius 3 is 3.20 bits per heavy atom. The number of hydrogen-bond acceptors (Lipinski definition) is 2. The molecule has 0 aromatic carbocycles. The highest BCUT2D eigenvalue weighted by Crippen LogP contribution is 2.17. The van der Waals surface area contributed by atoms with Gasteiger partial charge < -0.3 is 10.1 Å². The third kappa shape index (κ3) is 2.15. The second-order valence-corrected chi connectivity index (χ2v) is 3.46. The molecule has 0 bridgehead atoms. The molecule has 0 aliphatic rings. The summed E-state index contributed by atoms with van der Waals surface area (Å²) in [6.45, 7) is 0. The first-order valence-electron chi connectivity index (χ1n) is 4.90. The molecule has 2 N–H and O–H groups in total. The second-order valence-electron chi connectivity index (χ2n) is 3.46. The van der Waals surface area contributed by atoms with Crippen LogP contribution in [-0.2, 0) is 11.2 Å². The number of aromatic amines is 1. The fraction of sp³-hybridized carbons (Fsp3) is 0.273. The number of pyridine rings is 1. The molecular weight excluding hydrogens is 192 g/mol. The Labute approximate surface area is 87.0 Å². The van der Waals surface area contributed by atoms with Gasteiger partial charge in [0, 0.05) is 24.2 Å². The summed E-state index contributed by atoms with van der Waals surface area (Å²) >= 11 is 0. The van der Waals surface area contributed by atoms with Crippen molar-refractivity contribution in [1.29, 1.82) is 0 Å². The topological polar surface area (TPSA) is 66.0 Å². The summed E-state index contributed by atoms with van der Waals surface area (Å²) in [6, 6.07) is 3.88. The Morgan fingerprint density at radius 2 is 2.40 bits per heavy atom. The maximum atomic E-state index is 10.4. The summed E-state index contributed by atoms with van der Waals surface area (Å²) in [5.41, 5.74) is 2.00. The molecule has 0 fully saturated rings. The molecule has 0 aliphatic heterocycles. The van der Waals surface area contributed by atoms with Gasteiger partial charge in [-0.05, 0) is 30.5 Å². The summed E-state index contributed by atoms with van der Waals surface area (Å²) in [6.07, 6.45) is 5.29. The highest BCUT2D eigenvalue weighted by molar-refractivity contribution is 5.79. The smallest absolute Gasteiger partial charge is 0.303 e. The van der Waals surface area contributed by atoms with Gasteiger partial charge in [0.05, 0.1) is 0 Å². The average Bonchev–Trinajstić information content (AvgIpc) is 2.62. The zero-order chi connectivity index (χ0) is 10.7. The summed E-state index contributed by atoms with van der Waals surface area (Å²) in [5, 5.41) is 9.62. The van der Waals surface area contributed by atoms with Crippen LogP contribution in [0.15, 0.2) is 24.5 Å². The minimum atomic E-state index is -0.743. The van der Waals surface area contributed by atoms with Crippen LogP contribution in [0.4, 0.5) is 0 Å². The number of aryl methyl sites for hydroxylation is 1. The SMILES string of the molecule is O=C(O)CCCc1c[nH]c2ncccc12. The molecule has 4 nitrogen and oxygen atoms in total. The second kappa shape index (κ2) is 4.13. The third-order valence-corrected chi connectivity index (χ3v) is 2.37. The molecule has 2 aromatic rings. The molecular formula is C11H12N2O2. The number of hydrogen-bond donors (Lipinski definition) is 2. The van der Waals surface area contributed by atoms with Crippen molar-refractivity contribution in [3.8, 4) is 0 Å². The molecule has 0 spiro atoms. The summed E-state index contributed by atoms with van der Waals surface area (Å²) in [5.74, 6) is -0.743. The quantitative estimate of drug-likeness (QED) is 0.800. The lowest BCUT2D eigenvalue weighted by atomic mass is 10.1. The Balaban J connectivity index is 2.11. The number of carbonyl (C=O) groups is 1. The molecule has 0 unspecified atom stereocenters. The lowest BCUT2D eigenvalue weighted by Crippen LogP contribution is -1.95. The van der Waals surface area contributed by atoms with Crippen molar-refractivity contribution < 1.29 is 9.90 Å². The molecule has 0 saturated carbocycles. The Kier molecular flexibility index (Phi) is 2.67. The van der Waals surface area contributed by atoms with Crippen molar-refractivity contribution in [2.24, 2.45) is 0 Å². The molecule has 0 saturated heterocycles. The van der Waals surface area contributed by atoms with Crippen LogP contribution in [-0.4, -0.2) is 21.0 Å². The van der Waals surface area contributed by atoms with E-state index in [9.17, 15) is 4.79 Å². The van der Waals surface area contributed by atoms with E-state index in [4.69, 9.17) is 5.11 Å². The van der Waals surface area contributed by atoms with E-state index in [0.29, 0.717) is 6.42 Å². The molecule has 2 heterocycles. The number of H-pyrrole nitrogens is 1. The maximum Gasteiger partial charge on any atom is 0.303 e. The zero-order valence-corrected chi connectivity index (χ0v) is 8.23. The summed E-state index contributed by atoms with van der Waals surface area (Å²) in [7, 11) is 0. The largest absolute Gasteiger partial charge is 0.481 e. The van der Waals surface area contributed by atoms with Crippen LogP contribution in [0.1, 0.15) is 18.4 Å². The van der Waals surface area contributed by atoms with Gasteiger partial charge in [0.15, 0.2) is 0 Å². The average molecular weight is 204 g/mol. The first-order valence-corrected chi connectivity index (χ1v) is 4.90. The minimum Gasteiger partial charge on any atom is -0.481 e. The normalized spacial score (nSPS) is 10.7. The summed E-state index contributed by atoms with van der Waals surface area (Å²) in [4.78, 5) is 17.6. The number of nitrogens with zero attached hydrogens (tertiary/aromatic N) is 1. The van der Waals surface area contributed by atoms with Crippen molar-refractivity contribution in [2.45, 2.75) is 19.3 Å². The maximum absolute atomic E-state index is 10.4. The van der Waals surface area contributed by atoms with Gasteiger partial charge in [0.2, 0.25) is 0 Å². The van der Waals surface area contributed by atoms with Gasteiger partial charge >= 0.3 is 5.97 Å². The Hall–Kier alpha value is -1.84. The van der Waals surface area contributed by atoms with Gasteiger partial charge in [-0.2, -0.15) is 0 Å². The van der Waals surface area contributed by atoms with Crippen molar-refractivity contribution in [1.82, 2.24) is 9.97 Å². The van der Waals surface area contributed by atoms with Crippen molar-refractivity contribution in [2.75, 3.05) is 0 Å². The lowest BCUT2D eigenvalue weighted by molar-refractivity contribution is -0.137. The zero-order valence-electron chi connectivity index (χ0n) is 8.23. The molecule has 4 heteroatoms. The van der Waals surface area contributed by atoms with Crippen LogP contribution in [0.2, 0.25) is 0 Å². The minimum absolute atomic E-state index is 0.215. The standard InChI is InChI=1S/C11H12N2O2/c14-10(15)5-1-3-8-7-13-11-9(8)4-2-6-12-11/h2,4,6-7H,1,3,5H2,(H,12,13)(H,14,15). The highest BCUT2D eigenvalue weighted by Gasteiger charge is 2.04. The van der Waals surface area contributed by atoms with Gasteiger partial charge in [0.25, 0.3) is 0 Å². The van der Waals surface area contributed by atoms with Crippen LogP contribution in [0.3, 0.4) is 0 Å². The van der Waals surface area contributed by atoms with E-state index in [1.54, 1.807) is 6.20 Å². The number of carboxylic acid groups (broad SMARTS) is 1. The van der Waals surface area contributed by atoms with Crippen LogP contribution in [0, 0.1) is 0 Å². The van der Waals surface area contributed by atoms with Crippen LogP contribution in [0.5, 0.6) is 0 Å². The highest BCUT2D eigenvalue weighted by atomic mass is 16.4. The Bertz CT molecular complexity index is 476. The van der Waals surface area contributed by atoms with Crippen molar-refractivity contribution >= 4 is 17.0 Å². The first kappa shape index (κ1) is 9.71. The van der Waals surface area contributed by atoms with E-state index >= 15 is 0 Å². The van der Waals surface area contributed by atoms with Crippen molar-refractivity contribution in [3.05, 3.63) is 30.1 Å². The number of rotatable bonds is 4. The van der Waals surface area contributed by atoms with Gasteiger partial charge in [-0.1, -0.05) is 0 Å². The third-order valence-electron chi connectivity index (χ3n) is 2.37. The molecule has 0 atom stereocenters. The van der Waals surface area contributed by atoms with Crippen molar-refractivity contribution in [3.63, 3.8) is 0 Å². The molecule has 0 radical (unpaired) electrons. The fourth-order valence-electron chi connectivity index (χ4n) is 1.65. The molecule has 0 amide bonds. The summed E-state index contributed by atoms with van der Waals surface area (Å²) < 4.78 is 0. The van der Waals surface area contributed by atoms with Crippen LogP contribution < -0.4 is 0 Å². The van der Waals surface area contributed by atoms with E-state index in [-0.39, 0.29) is 6.42 Å². The van der Waals surface area contributed by atoms with Crippen LogP contribution >= 0.6 is 0 Å². The number of nitrogens with one attached hydrogen (secondary N) is 1.